The van der Waals surface area contributed by atoms with Crippen LogP contribution >= 0.6 is 0 Å². The molecular weight excluding hydrogens is 287 g/mol. The number of carbonyl (C=O) groups excluding carboxylic acids is 1. The second-order valence-electron chi connectivity index (χ2n) is 4.18. The zero-order valence-corrected chi connectivity index (χ0v) is 10.4. The molecule has 0 radical (unpaired) electrons. The molecule has 0 amide bonds. The van der Waals surface area contributed by atoms with Crippen molar-refractivity contribution in [1.29, 1.82) is 0 Å². The van der Waals surface area contributed by atoms with Gasteiger partial charge in [-0.2, -0.15) is 13.2 Å². The number of halogens is 3. The Hall–Kier alpha value is -2.70. The average molecular weight is 295 g/mol. The highest BCUT2D eigenvalue weighted by Crippen LogP contribution is 2.32. The number of nitrogens with zero attached hydrogens (tertiary/aromatic N) is 1. The molecule has 0 saturated carbocycles. The van der Waals surface area contributed by atoms with Crippen LogP contribution in [-0.2, 0) is 6.18 Å². The van der Waals surface area contributed by atoms with Gasteiger partial charge < -0.3 is 0 Å². The minimum Gasteiger partial charge on any atom is -0.289 e. The lowest BCUT2D eigenvalue weighted by Crippen LogP contribution is -2.13. The summed E-state index contributed by atoms with van der Waals surface area (Å²) in [5.74, 6) is -0.835. The molecule has 0 fully saturated rings. The van der Waals surface area contributed by atoms with Gasteiger partial charge in [-0.15, -0.1) is 0 Å². The Morgan fingerprint density at radius 3 is 2.10 bits per heavy atom. The molecule has 0 atom stereocenters. The first-order valence-corrected chi connectivity index (χ1v) is 5.76. The molecular formula is C14H8F3NO3. The van der Waals surface area contributed by atoms with Crippen LogP contribution in [0.2, 0.25) is 0 Å². The lowest BCUT2D eigenvalue weighted by Gasteiger charge is -2.11. The summed E-state index contributed by atoms with van der Waals surface area (Å²) in [6, 6.07) is 8.82. The van der Waals surface area contributed by atoms with Crippen LogP contribution in [0.25, 0.3) is 0 Å². The molecule has 0 heterocycles. The summed E-state index contributed by atoms with van der Waals surface area (Å²) in [6.45, 7) is 0. The Balaban J connectivity index is 2.43. The first-order valence-electron chi connectivity index (χ1n) is 5.76. The molecule has 2 aromatic carbocycles. The van der Waals surface area contributed by atoms with Gasteiger partial charge in [-0.05, 0) is 18.2 Å². The van der Waals surface area contributed by atoms with Crippen molar-refractivity contribution in [3.63, 3.8) is 0 Å². The van der Waals surface area contributed by atoms with E-state index in [0.717, 1.165) is 36.4 Å². The van der Waals surface area contributed by atoms with Gasteiger partial charge in [0.2, 0.25) is 0 Å². The number of nitro benzene ring substituents is 1. The standard InChI is InChI=1S/C14H8F3NO3/c15-14(16,17)12-4-2-1-3-11(12)13(19)9-5-7-10(8-6-9)18(20)21/h1-8H. The van der Waals surface area contributed by atoms with Gasteiger partial charge in [-0.25, -0.2) is 0 Å². The second-order valence-corrected chi connectivity index (χ2v) is 4.18. The number of hydrogen-bond donors (Lipinski definition) is 0. The molecule has 4 nitrogen and oxygen atoms in total. The number of rotatable bonds is 3. The van der Waals surface area contributed by atoms with Crippen LogP contribution in [0.15, 0.2) is 48.5 Å². The summed E-state index contributed by atoms with van der Waals surface area (Å²) in [6.07, 6.45) is -4.65. The Labute approximate surface area is 117 Å². The zero-order chi connectivity index (χ0) is 15.6. The monoisotopic (exact) mass is 295 g/mol. The second kappa shape index (κ2) is 5.35. The van der Waals surface area contributed by atoms with Gasteiger partial charge in [0.15, 0.2) is 5.78 Å². The predicted molar refractivity (Wildman–Crippen MR) is 68.0 cm³/mol. The number of carbonyl (C=O) groups is 1. The fourth-order valence-corrected chi connectivity index (χ4v) is 1.82. The molecule has 21 heavy (non-hydrogen) atoms. The van der Waals surface area contributed by atoms with Gasteiger partial charge in [-0.1, -0.05) is 18.2 Å². The van der Waals surface area contributed by atoms with E-state index in [2.05, 4.69) is 0 Å². The summed E-state index contributed by atoms with van der Waals surface area (Å²) in [5, 5.41) is 10.5. The van der Waals surface area contributed by atoms with Crippen molar-refractivity contribution in [3.8, 4) is 0 Å². The Kier molecular flexibility index (Phi) is 3.75. The summed E-state index contributed by atoms with van der Waals surface area (Å²) < 4.78 is 38.6. The Morgan fingerprint density at radius 1 is 1.00 bits per heavy atom. The summed E-state index contributed by atoms with van der Waals surface area (Å²) >= 11 is 0. The molecule has 0 aliphatic heterocycles. The SMILES string of the molecule is O=C(c1ccc([N+](=O)[O-])cc1)c1ccccc1C(F)(F)F. The van der Waals surface area contributed by atoms with E-state index in [-0.39, 0.29) is 11.3 Å². The third kappa shape index (κ3) is 3.07. The highest BCUT2D eigenvalue weighted by atomic mass is 19.4. The van der Waals surface area contributed by atoms with E-state index in [0.29, 0.717) is 0 Å². The van der Waals surface area contributed by atoms with Crippen LogP contribution < -0.4 is 0 Å². The molecule has 0 saturated heterocycles. The van der Waals surface area contributed by atoms with E-state index in [1.54, 1.807) is 0 Å². The smallest absolute Gasteiger partial charge is 0.289 e. The molecule has 2 aromatic rings. The van der Waals surface area contributed by atoms with Crippen LogP contribution in [-0.4, -0.2) is 10.7 Å². The Bertz CT molecular complexity index is 693. The van der Waals surface area contributed by atoms with Gasteiger partial charge in [0.1, 0.15) is 0 Å². The fraction of sp³-hybridized carbons (Fsp3) is 0.0714. The number of alkyl halides is 3. The molecule has 0 N–H and O–H groups in total. The van der Waals surface area contributed by atoms with Crippen molar-refractivity contribution in [1.82, 2.24) is 0 Å². The van der Waals surface area contributed by atoms with Crippen LogP contribution in [0.1, 0.15) is 21.5 Å². The topological polar surface area (TPSA) is 60.2 Å². The van der Waals surface area contributed by atoms with Gasteiger partial charge in [0.05, 0.1) is 10.5 Å². The molecule has 2 rings (SSSR count). The van der Waals surface area contributed by atoms with Gasteiger partial charge in [-0.3, -0.25) is 14.9 Å². The van der Waals surface area contributed by atoms with Crippen molar-refractivity contribution >= 4 is 11.5 Å². The van der Waals surface area contributed by atoms with Crippen molar-refractivity contribution in [2.24, 2.45) is 0 Å². The lowest BCUT2D eigenvalue weighted by molar-refractivity contribution is -0.384. The van der Waals surface area contributed by atoms with Crippen molar-refractivity contribution in [2.75, 3.05) is 0 Å². The van der Waals surface area contributed by atoms with E-state index in [4.69, 9.17) is 0 Å². The molecule has 108 valence electrons. The minimum absolute atomic E-state index is 0.0442. The lowest BCUT2D eigenvalue weighted by atomic mass is 9.98. The van der Waals surface area contributed by atoms with Crippen molar-refractivity contribution < 1.29 is 22.9 Å². The molecule has 0 aromatic heterocycles. The van der Waals surface area contributed by atoms with E-state index in [9.17, 15) is 28.1 Å². The zero-order valence-electron chi connectivity index (χ0n) is 10.4. The summed E-state index contributed by atoms with van der Waals surface area (Å²) in [7, 11) is 0. The molecule has 7 heteroatoms. The van der Waals surface area contributed by atoms with Crippen LogP contribution in [0.5, 0.6) is 0 Å². The summed E-state index contributed by atoms with van der Waals surface area (Å²) in [5.41, 5.74) is -1.81. The average Bonchev–Trinajstić information content (AvgIpc) is 2.45. The number of benzene rings is 2. The molecule has 0 unspecified atom stereocenters. The van der Waals surface area contributed by atoms with E-state index in [1.807, 2.05) is 0 Å². The maximum absolute atomic E-state index is 12.9. The maximum Gasteiger partial charge on any atom is 0.417 e. The summed E-state index contributed by atoms with van der Waals surface area (Å²) in [4.78, 5) is 22.0. The third-order valence-electron chi connectivity index (χ3n) is 2.82. The van der Waals surface area contributed by atoms with Crippen LogP contribution in [0.4, 0.5) is 18.9 Å². The molecule has 0 spiro atoms. The highest BCUT2D eigenvalue weighted by Gasteiger charge is 2.34. The fourth-order valence-electron chi connectivity index (χ4n) is 1.82. The van der Waals surface area contributed by atoms with Crippen molar-refractivity contribution in [2.45, 2.75) is 6.18 Å². The first kappa shape index (κ1) is 14.7. The number of non-ortho nitro benzene ring substituents is 1. The number of nitro groups is 1. The maximum atomic E-state index is 12.9. The number of hydrogen-bond acceptors (Lipinski definition) is 3. The predicted octanol–water partition coefficient (Wildman–Crippen LogP) is 3.84. The molecule has 0 bridgehead atoms. The Morgan fingerprint density at radius 2 is 1.57 bits per heavy atom. The van der Waals surface area contributed by atoms with Gasteiger partial charge in [0.25, 0.3) is 5.69 Å². The van der Waals surface area contributed by atoms with Gasteiger partial charge in [0, 0.05) is 23.3 Å². The van der Waals surface area contributed by atoms with Crippen LogP contribution in [0, 0.1) is 10.1 Å². The van der Waals surface area contributed by atoms with E-state index >= 15 is 0 Å². The largest absolute Gasteiger partial charge is 0.417 e. The molecule has 0 aliphatic carbocycles. The van der Waals surface area contributed by atoms with Crippen molar-refractivity contribution in [3.05, 3.63) is 75.3 Å². The highest BCUT2D eigenvalue weighted by molar-refractivity contribution is 6.10. The van der Waals surface area contributed by atoms with E-state index in [1.165, 1.54) is 12.1 Å². The van der Waals surface area contributed by atoms with Crippen LogP contribution in [0.3, 0.4) is 0 Å². The van der Waals surface area contributed by atoms with Gasteiger partial charge >= 0.3 is 6.18 Å². The third-order valence-corrected chi connectivity index (χ3v) is 2.82. The minimum atomic E-state index is -4.65. The quantitative estimate of drug-likeness (QED) is 0.491. The van der Waals surface area contributed by atoms with E-state index < -0.39 is 28.0 Å². The molecule has 0 aliphatic rings. The first-order chi connectivity index (χ1) is 9.80. The normalized spacial score (nSPS) is 11.2. The number of ketones is 1.